The third-order valence-electron chi connectivity index (χ3n) is 6.92. The van der Waals surface area contributed by atoms with Gasteiger partial charge in [-0.15, -0.1) is 6.58 Å². The lowest BCUT2D eigenvalue weighted by molar-refractivity contribution is -0.135. The van der Waals surface area contributed by atoms with E-state index in [0.29, 0.717) is 24.1 Å². The summed E-state index contributed by atoms with van der Waals surface area (Å²) >= 11 is 0. The zero-order valence-electron chi connectivity index (χ0n) is 21.7. The van der Waals surface area contributed by atoms with Crippen molar-refractivity contribution in [2.45, 2.75) is 38.9 Å². The number of benzene rings is 2. The van der Waals surface area contributed by atoms with E-state index in [1.807, 2.05) is 66.4 Å². The summed E-state index contributed by atoms with van der Waals surface area (Å²) in [6, 6.07) is 17.2. The Morgan fingerprint density at radius 3 is 2.38 bits per heavy atom. The van der Waals surface area contributed by atoms with Crippen molar-refractivity contribution >= 4 is 17.7 Å². The van der Waals surface area contributed by atoms with E-state index in [9.17, 15) is 24.3 Å². The first-order valence-electron chi connectivity index (χ1n) is 12.7. The van der Waals surface area contributed by atoms with Crippen molar-refractivity contribution in [2.24, 2.45) is 0 Å². The highest BCUT2D eigenvalue weighted by molar-refractivity contribution is 5.98. The fourth-order valence-corrected chi connectivity index (χ4v) is 4.91. The maximum atomic E-state index is 13.6. The number of nitrogens with one attached hydrogen (secondary N) is 1. The van der Waals surface area contributed by atoms with Gasteiger partial charge < -0.3 is 20.1 Å². The molecule has 39 heavy (non-hydrogen) atoms. The second-order valence-corrected chi connectivity index (χ2v) is 9.57. The number of ketones is 1. The minimum Gasteiger partial charge on any atom is -0.506 e. The number of amides is 1. The lowest BCUT2D eigenvalue weighted by atomic mass is 10.0. The number of Topliss-reactive ketones (excluding diaryl/α,β-unsaturated/α-hetero) is 1. The summed E-state index contributed by atoms with van der Waals surface area (Å²) < 4.78 is 1.45. The fraction of sp³-hybridized carbons (Fsp3) is 0.267. The zero-order chi connectivity index (χ0) is 28.1. The first-order valence-corrected chi connectivity index (χ1v) is 12.7. The van der Waals surface area contributed by atoms with Crippen LogP contribution in [-0.4, -0.2) is 50.4 Å². The predicted octanol–water partition coefficient (Wildman–Crippen LogP) is 3.50. The van der Waals surface area contributed by atoms with Gasteiger partial charge in [0.1, 0.15) is 23.6 Å². The summed E-state index contributed by atoms with van der Waals surface area (Å²) in [6.45, 7) is 5.20. The summed E-state index contributed by atoms with van der Waals surface area (Å²) in [7, 11) is 0. The number of aromatic hydroxyl groups is 1. The van der Waals surface area contributed by atoms with Gasteiger partial charge in [0.15, 0.2) is 0 Å². The van der Waals surface area contributed by atoms with E-state index < -0.39 is 35.3 Å². The molecule has 2 heterocycles. The number of carboxylic acids is 1. The molecule has 1 aliphatic rings. The maximum absolute atomic E-state index is 13.6. The number of pyridine rings is 1. The van der Waals surface area contributed by atoms with E-state index in [2.05, 4.69) is 11.9 Å². The molecule has 1 unspecified atom stereocenters. The highest BCUT2D eigenvalue weighted by atomic mass is 16.4. The molecule has 202 valence electrons. The van der Waals surface area contributed by atoms with Crippen LogP contribution in [0.2, 0.25) is 0 Å². The summed E-state index contributed by atoms with van der Waals surface area (Å²) in [5.74, 6) is -2.73. The maximum Gasteiger partial charge on any atom is 0.322 e. The Labute approximate surface area is 226 Å². The van der Waals surface area contributed by atoms with Crippen molar-refractivity contribution in [3.63, 3.8) is 0 Å². The van der Waals surface area contributed by atoms with Crippen LogP contribution >= 0.6 is 0 Å². The average molecular weight is 530 g/mol. The molecule has 1 amide bonds. The SMILES string of the molecule is C=CCCC(=O)CN1Cc2c(O)c(C(=O)NCC(=O)O)c(=O)n(Cc3ccc(-c4ccccc4)cc3)c2C1C. The summed E-state index contributed by atoms with van der Waals surface area (Å²) in [5, 5.41) is 22.2. The highest BCUT2D eigenvalue weighted by Crippen LogP contribution is 2.38. The van der Waals surface area contributed by atoms with Crippen LogP contribution in [0.4, 0.5) is 0 Å². The molecule has 9 nitrogen and oxygen atoms in total. The van der Waals surface area contributed by atoms with E-state index in [0.717, 1.165) is 16.7 Å². The largest absolute Gasteiger partial charge is 0.506 e. The number of hydrogen-bond donors (Lipinski definition) is 3. The highest BCUT2D eigenvalue weighted by Gasteiger charge is 2.36. The molecule has 1 atom stereocenters. The molecule has 3 N–H and O–H groups in total. The van der Waals surface area contributed by atoms with Gasteiger partial charge in [0.2, 0.25) is 0 Å². The average Bonchev–Trinajstić information content (AvgIpc) is 3.25. The summed E-state index contributed by atoms with van der Waals surface area (Å²) in [6.07, 6.45) is 2.56. The molecule has 2 aromatic carbocycles. The van der Waals surface area contributed by atoms with Crippen LogP contribution in [0.3, 0.4) is 0 Å². The van der Waals surface area contributed by atoms with Gasteiger partial charge in [-0.25, -0.2) is 0 Å². The molecule has 0 radical (unpaired) electrons. The van der Waals surface area contributed by atoms with Crippen LogP contribution < -0.4 is 10.9 Å². The Balaban J connectivity index is 1.73. The van der Waals surface area contributed by atoms with Crippen molar-refractivity contribution in [1.82, 2.24) is 14.8 Å². The van der Waals surface area contributed by atoms with Gasteiger partial charge in [-0.1, -0.05) is 60.7 Å². The van der Waals surface area contributed by atoms with Crippen LogP contribution in [0.25, 0.3) is 11.1 Å². The second-order valence-electron chi connectivity index (χ2n) is 9.57. The first kappa shape index (κ1) is 27.5. The molecule has 0 saturated heterocycles. The second kappa shape index (κ2) is 11.9. The van der Waals surface area contributed by atoms with Crippen molar-refractivity contribution in [3.8, 4) is 16.9 Å². The van der Waals surface area contributed by atoms with E-state index in [1.54, 1.807) is 6.08 Å². The quantitative estimate of drug-likeness (QED) is 0.324. The predicted molar refractivity (Wildman–Crippen MR) is 147 cm³/mol. The lowest BCUT2D eigenvalue weighted by Gasteiger charge is -2.22. The number of allylic oxidation sites excluding steroid dienone is 1. The normalized spacial score (nSPS) is 14.5. The Hall–Kier alpha value is -4.50. The number of carbonyl (C=O) groups is 3. The van der Waals surface area contributed by atoms with E-state index >= 15 is 0 Å². The van der Waals surface area contributed by atoms with Gasteiger partial charge in [-0.2, -0.15) is 0 Å². The smallest absolute Gasteiger partial charge is 0.322 e. The first-order chi connectivity index (χ1) is 18.7. The van der Waals surface area contributed by atoms with E-state index in [4.69, 9.17) is 5.11 Å². The van der Waals surface area contributed by atoms with Gasteiger partial charge in [0.05, 0.1) is 13.1 Å². The molecular weight excluding hydrogens is 498 g/mol. The minimum atomic E-state index is -1.28. The van der Waals surface area contributed by atoms with Crippen molar-refractivity contribution < 1.29 is 24.6 Å². The van der Waals surface area contributed by atoms with Gasteiger partial charge in [-0.05, 0) is 30.0 Å². The molecule has 0 saturated carbocycles. The number of nitrogens with zero attached hydrogens (tertiary/aromatic N) is 2. The molecule has 1 aliphatic heterocycles. The van der Waals surface area contributed by atoms with Crippen LogP contribution in [0.5, 0.6) is 5.75 Å². The van der Waals surface area contributed by atoms with E-state index in [1.165, 1.54) is 4.57 Å². The van der Waals surface area contributed by atoms with Crippen LogP contribution in [0, 0.1) is 0 Å². The molecular formula is C30H31N3O6. The lowest BCUT2D eigenvalue weighted by Crippen LogP contribution is -2.37. The van der Waals surface area contributed by atoms with Crippen LogP contribution in [0.15, 0.2) is 72.0 Å². The van der Waals surface area contributed by atoms with Gasteiger partial charge in [0.25, 0.3) is 11.5 Å². The summed E-state index contributed by atoms with van der Waals surface area (Å²) in [5.41, 5.74) is 2.52. The number of carbonyl (C=O) groups excluding carboxylic acids is 2. The molecule has 3 aromatic rings. The molecule has 9 heteroatoms. The Kier molecular flexibility index (Phi) is 8.41. The van der Waals surface area contributed by atoms with Gasteiger partial charge >= 0.3 is 5.97 Å². The monoisotopic (exact) mass is 529 g/mol. The van der Waals surface area contributed by atoms with Crippen LogP contribution in [-0.2, 0) is 22.7 Å². The van der Waals surface area contributed by atoms with Crippen molar-refractivity contribution in [2.75, 3.05) is 13.1 Å². The van der Waals surface area contributed by atoms with Gasteiger partial charge in [-0.3, -0.25) is 24.1 Å². The van der Waals surface area contributed by atoms with Gasteiger partial charge in [0, 0.05) is 30.3 Å². The third kappa shape index (κ3) is 5.99. The Bertz CT molecular complexity index is 1460. The van der Waals surface area contributed by atoms with E-state index in [-0.39, 0.29) is 31.5 Å². The number of aromatic nitrogens is 1. The molecule has 1 aromatic heterocycles. The minimum absolute atomic E-state index is 0.00105. The molecule has 0 bridgehead atoms. The Morgan fingerprint density at radius 2 is 1.74 bits per heavy atom. The standard InChI is InChI=1S/C30H31N3O6/c1-3-4-10-23(34)17-32-18-24-27(19(32)2)33(30(39)26(28(24)37)29(38)31-15-25(35)36)16-20-11-13-22(14-12-20)21-8-6-5-7-9-21/h3,5-9,11-14,19,37H,1,4,10,15-18H2,2H3,(H,31,38)(H,35,36). The van der Waals surface area contributed by atoms with Crippen molar-refractivity contribution in [3.05, 3.63) is 100.0 Å². The number of aliphatic carboxylic acids is 1. The fourth-order valence-electron chi connectivity index (χ4n) is 4.91. The zero-order valence-corrected chi connectivity index (χ0v) is 21.7. The number of carboxylic acid groups (broad SMARTS) is 1. The molecule has 0 aliphatic carbocycles. The Morgan fingerprint density at radius 1 is 1.08 bits per heavy atom. The molecule has 0 fully saturated rings. The number of fused-ring (bicyclic) bond motifs is 1. The topological polar surface area (TPSA) is 129 Å². The number of hydrogen-bond acceptors (Lipinski definition) is 6. The molecule has 0 spiro atoms. The molecule has 4 rings (SSSR count). The number of rotatable bonds is 11. The van der Waals surface area contributed by atoms with Crippen molar-refractivity contribution in [1.29, 1.82) is 0 Å². The third-order valence-corrected chi connectivity index (χ3v) is 6.92. The summed E-state index contributed by atoms with van der Waals surface area (Å²) in [4.78, 5) is 51.8. The van der Waals surface area contributed by atoms with Crippen LogP contribution in [0.1, 0.15) is 53.0 Å².